The van der Waals surface area contributed by atoms with E-state index in [1.807, 2.05) is 30.3 Å². The van der Waals surface area contributed by atoms with Gasteiger partial charge in [-0.15, -0.1) is 5.11 Å². The van der Waals surface area contributed by atoms with Gasteiger partial charge in [-0.05, 0) is 17.7 Å². The molecule has 6 nitrogen and oxygen atoms in total. The molecule has 2 rings (SSSR count). The monoisotopic (exact) mass is 336 g/mol. The summed E-state index contributed by atoms with van der Waals surface area (Å²) in [6, 6.07) is 13.0. The lowest BCUT2D eigenvalue weighted by atomic mass is 10.1. The van der Waals surface area contributed by atoms with Gasteiger partial charge < -0.3 is 11.1 Å². The molecule has 0 aliphatic rings. The average molecular weight is 337 g/mol. The first-order valence-electron chi connectivity index (χ1n) is 6.28. The van der Waals surface area contributed by atoms with Gasteiger partial charge in [0.1, 0.15) is 0 Å². The largest absolute Gasteiger partial charge is 0.367 e. The number of aliphatic imine (C=N–C) groups is 1. The van der Waals surface area contributed by atoms with Gasteiger partial charge >= 0.3 is 0 Å². The Morgan fingerprint density at radius 1 is 1.14 bits per heavy atom. The summed E-state index contributed by atoms with van der Waals surface area (Å²) in [4.78, 5) is 3.75. The Labute approximate surface area is 137 Å². The van der Waals surface area contributed by atoms with Crippen molar-refractivity contribution in [3.63, 3.8) is 0 Å². The van der Waals surface area contributed by atoms with Crippen molar-refractivity contribution in [2.45, 2.75) is 6.29 Å². The summed E-state index contributed by atoms with van der Waals surface area (Å²) in [5.41, 5.74) is 20.0. The van der Waals surface area contributed by atoms with Crippen LogP contribution in [0.2, 0.25) is 10.0 Å². The molecule has 1 atom stereocenters. The molecule has 0 fully saturated rings. The van der Waals surface area contributed by atoms with Crippen LogP contribution < -0.4 is 16.8 Å². The van der Waals surface area contributed by atoms with Gasteiger partial charge in [0, 0.05) is 11.3 Å². The minimum Gasteiger partial charge on any atom is -0.367 e. The molecule has 0 radical (unpaired) electrons. The predicted molar refractivity (Wildman–Crippen MR) is 90.3 cm³/mol. The van der Waals surface area contributed by atoms with E-state index < -0.39 is 6.29 Å². The van der Waals surface area contributed by atoms with E-state index in [0.29, 0.717) is 15.7 Å². The molecule has 0 amide bonds. The fourth-order valence-electron chi connectivity index (χ4n) is 1.91. The Hall–Kier alpha value is -2.15. The van der Waals surface area contributed by atoms with Crippen LogP contribution in [0, 0.1) is 5.53 Å². The van der Waals surface area contributed by atoms with E-state index in [0.717, 1.165) is 11.1 Å². The number of guanidine groups is 1. The van der Waals surface area contributed by atoms with Gasteiger partial charge in [0.25, 0.3) is 0 Å². The molecule has 2 aromatic carbocycles. The molecule has 1 unspecified atom stereocenters. The fraction of sp³-hybridized carbons (Fsp3) is 0.0714. The lowest BCUT2D eigenvalue weighted by Crippen LogP contribution is -2.30. The van der Waals surface area contributed by atoms with E-state index in [-0.39, 0.29) is 5.96 Å². The van der Waals surface area contributed by atoms with E-state index in [1.165, 1.54) is 0 Å². The summed E-state index contributed by atoms with van der Waals surface area (Å²) in [7, 11) is 0. The molecule has 0 saturated heterocycles. The van der Waals surface area contributed by atoms with Gasteiger partial charge in [-0.3, -0.25) is 5.73 Å². The van der Waals surface area contributed by atoms with Crippen LogP contribution in [0.4, 0.5) is 5.69 Å². The van der Waals surface area contributed by atoms with Crippen molar-refractivity contribution in [1.29, 1.82) is 5.53 Å². The Bertz CT molecular complexity index is 679. The Morgan fingerprint density at radius 2 is 1.73 bits per heavy atom. The number of rotatable bonds is 4. The van der Waals surface area contributed by atoms with E-state index in [9.17, 15) is 0 Å². The smallest absolute Gasteiger partial charge is 0.237 e. The van der Waals surface area contributed by atoms with Crippen molar-refractivity contribution in [3.8, 4) is 11.1 Å². The van der Waals surface area contributed by atoms with Crippen molar-refractivity contribution < 1.29 is 0 Å². The molecule has 0 spiro atoms. The van der Waals surface area contributed by atoms with E-state index >= 15 is 0 Å². The average Bonchev–Trinajstić information content (AvgIpc) is 2.47. The molecule has 0 bridgehead atoms. The summed E-state index contributed by atoms with van der Waals surface area (Å²) >= 11 is 12.6. The molecule has 114 valence electrons. The number of nitrogens with two attached hydrogens (primary N) is 2. The number of halogens is 2. The first-order valence-corrected chi connectivity index (χ1v) is 7.04. The van der Waals surface area contributed by atoms with Gasteiger partial charge in [-0.1, -0.05) is 53.5 Å². The van der Waals surface area contributed by atoms with Crippen LogP contribution in [0.15, 0.2) is 52.6 Å². The highest BCUT2D eigenvalue weighted by Gasteiger charge is 2.11. The van der Waals surface area contributed by atoms with Gasteiger partial charge in [-0.2, -0.15) is 0 Å². The number of nitrogens with zero attached hydrogens (tertiary/aromatic N) is 2. The SMILES string of the molecule is N=NC(N)=NC(N)Nc1cc(Cl)c(-c2ccccc2)c(Cl)c1. The molecular weight excluding hydrogens is 323 g/mol. The lowest BCUT2D eigenvalue weighted by molar-refractivity contribution is 0.803. The normalized spacial score (nSPS) is 12.8. The maximum absolute atomic E-state index is 6.72. The quantitative estimate of drug-likeness (QED) is 0.295. The third kappa shape index (κ3) is 3.94. The molecule has 0 aromatic heterocycles. The predicted octanol–water partition coefficient (Wildman–Crippen LogP) is 3.66. The zero-order valence-electron chi connectivity index (χ0n) is 11.4. The van der Waals surface area contributed by atoms with E-state index in [1.54, 1.807) is 12.1 Å². The van der Waals surface area contributed by atoms with Crippen LogP contribution in [-0.4, -0.2) is 12.2 Å². The number of anilines is 1. The molecule has 0 aliphatic carbocycles. The highest BCUT2D eigenvalue weighted by atomic mass is 35.5. The number of hydrogen-bond acceptors (Lipinski definition) is 4. The summed E-state index contributed by atoms with van der Waals surface area (Å²) in [5, 5.41) is 6.79. The Balaban J connectivity index is 2.29. The molecule has 0 aliphatic heterocycles. The summed E-state index contributed by atoms with van der Waals surface area (Å²) in [6.45, 7) is 0. The molecule has 8 heteroatoms. The van der Waals surface area contributed by atoms with Crippen LogP contribution in [-0.2, 0) is 0 Å². The van der Waals surface area contributed by atoms with E-state index in [4.69, 9.17) is 40.2 Å². The Kier molecular flexibility index (Phi) is 5.32. The third-order valence-corrected chi connectivity index (χ3v) is 3.40. The first kappa shape index (κ1) is 16.2. The third-order valence-electron chi connectivity index (χ3n) is 2.81. The maximum atomic E-state index is 6.72. The highest BCUT2D eigenvalue weighted by molar-refractivity contribution is 6.39. The van der Waals surface area contributed by atoms with Crippen LogP contribution in [0.25, 0.3) is 11.1 Å². The minimum absolute atomic E-state index is 0.224. The second kappa shape index (κ2) is 7.22. The zero-order valence-corrected chi connectivity index (χ0v) is 12.9. The summed E-state index contributed by atoms with van der Waals surface area (Å²) < 4.78 is 0. The number of nitrogens with one attached hydrogen (secondary N) is 2. The van der Waals surface area contributed by atoms with Crippen LogP contribution in [0.3, 0.4) is 0 Å². The molecule has 0 heterocycles. The first-order chi connectivity index (χ1) is 10.5. The van der Waals surface area contributed by atoms with Gasteiger partial charge in [0.15, 0.2) is 6.29 Å². The van der Waals surface area contributed by atoms with Gasteiger partial charge in [-0.25, -0.2) is 10.5 Å². The highest BCUT2D eigenvalue weighted by Crippen LogP contribution is 2.37. The van der Waals surface area contributed by atoms with Crippen LogP contribution in [0.5, 0.6) is 0 Å². The van der Waals surface area contributed by atoms with Crippen LogP contribution >= 0.6 is 23.2 Å². The van der Waals surface area contributed by atoms with Crippen LogP contribution in [0.1, 0.15) is 0 Å². The fourth-order valence-corrected chi connectivity index (χ4v) is 2.62. The number of benzene rings is 2. The lowest BCUT2D eigenvalue weighted by Gasteiger charge is -2.14. The second-order valence-corrected chi connectivity index (χ2v) is 5.18. The topological polar surface area (TPSA) is 113 Å². The molecule has 2 aromatic rings. The second-order valence-electron chi connectivity index (χ2n) is 4.37. The Morgan fingerprint density at radius 3 is 2.27 bits per heavy atom. The standard InChI is InChI=1S/C14H14Cl2N6/c15-10-6-9(20-13(17)21-14(18)22-19)7-11(16)12(10)8-4-2-1-3-5-8/h1-7,13,19-20H,17H2,(H2,18,21). The van der Waals surface area contributed by atoms with Crippen molar-refractivity contribution in [3.05, 3.63) is 52.5 Å². The maximum Gasteiger partial charge on any atom is 0.237 e. The minimum atomic E-state index is -0.858. The molecule has 22 heavy (non-hydrogen) atoms. The van der Waals surface area contributed by atoms with Gasteiger partial charge in [0.05, 0.1) is 10.0 Å². The molecular formula is C14H14Cl2N6. The van der Waals surface area contributed by atoms with Crippen molar-refractivity contribution >= 4 is 34.8 Å². The summed E-state index contributed by atoms with van der Waals surface area (Å²) in [5.74, 6) is -0.224. The molecule has 6 N–H and O–H groups in total. The summed E-state index contributed by atoms with van der Waals surface area (Å²) in [6.07, 6.45) is -0.858. The van der Waals surface area contributed by atoms with Crippen molar-refractivity contribution in [1.82, 2.24) is 0 Å². The van der Waals surface area contributed by atoms with Gasteiger partial charge in [0.2, 0.25) is 5.96 Å². The van der Waals surface area contributed by atoms with Crippen molar-refractivity contribution in [2.75, 3.05) is 5.32 Å². The number of hydrogen-bond donors (Lipinski definition) is 4. The zero-order chi connectivity index (χ0) is 16.1. The van der Waals surface area contributed by atoms with E-state index in [2.05, 4.69) is 15.4 Å². The molecule has 0 saturated carbocycles. The van der Waals surface area contributed by atoms with Crippen molar-refractivity contribution in [2.24, 2.45) is 21.6 Å².